The third-order valence-corrected chi connectivity index (χ3v) is 4.85. The van der Waals surface area contributed by atoms with Crippen LogP contribution in [0.3, 0.4) is 0 Å². The quantitative estimate of drug-likeness (QED) is 0.0406. The van der Waals surface area contributed by atoms with Crippen LogP contribution in [0.2, 0.25) is 0 Å². The molecule has 33 heavy (non-hydrogen) atoms. The van der Waals surface area contributed by atoms with Gasteiger partial charge in [-0.15, -0.1) is 0 Å². The Hall–Kier alpha value is -2.62. The van der Waals surface area contributed by atoms with E-state index in [9.17, 15) is 19.2 Å². The maximum absolute atomic E-state index is 12.9. The summed E-state index contributed by atoms with van der Waals surface area (Å²) in [7, 11) is 0. The number of guanidine groups is 1. The third kappa shape index (κ3) is 12.9. The Morgan fingerprint density at radius 1 is 0.879 bits per heavy atom. The van der Waals surface area contributed by atoms with Gasteiger partial charge in [0.15, 0.2) is 5.96 Å². The number of aliphatic imine (C=N–C) groups is 1. The minimum absolute atomic E-state index is 0.109. The number of hydrogen-bond donors (Lipinski definition) is 10. The van der Waals surface area contributed by atoms with Crippen LogP contribution in [-0.4, -0.2) is 89.5 Å². The predicted octanol–water partition coefficient (Wildman–Crippen LogP) is -4.04. The Kier molecular flexibility index (Phi) is 15.6. The maximum Gasteiger partial charge on any atom is 0.327 e. The number of unbranched alkanes of at least 4 members (excludes halogenated alkanes) is 1. The largest absolute Gasteiger partial charge is 0.480 e. The van der Waals surface area contributed by atoms with E-state index in [-0.39, 0.29) is 31.1 Å². The molecular formula is C18H36N8O6S. The van der Waals surface area contributed by atoms with Gasteiger partial charge >= 0.3 is 5.97 Å². The summed E-state index contributed by atoms with van der Waals surface area (Å²) in [6.45, 7) is -0.0610. The van der Waals surface area contributed by atoms with Gasteiger partial charge in [-0.2, -0.15) is 12.6 Å². The number of carbonyl (C=O) groups excluding carboxylic acids is 3. The van der Waals surface area contributed by atoms with Crippen molar-refractivity contribution in [1.29, 1.82) is 0 Å². The summed E-state index contributed by atoms with van der Waals surface area (Å²) in [6, 6.07) is -4.66. The van der Waals surface area contributed by atoms with Gasteiger partial charge < -0.3 is 49.1 Å². The van der Waals surface area contributed by atoms with E-state index in [2.05, 4.69) is 33.6 Å². The molecule has 0 heterocycles. The molecule has 15 heteroatoms. The highest BCUT2D eigenvalue weighted by Crippen LogP contribution is 2.06. The number of aliphatic carboxylic acids is 1. The maximum atomic E-state index is 12.9. The van der Waals surface area contributed by atoms with Crippen LogP contribution in [0.25, 0.3) is 0 Å². The summed E-state index contributed by atoms with van der Waals surface area (Å²) < 4.78 is 0. The summed E-state index contributed by atoms with van der Waals surface area (Å²) in [5.41, 5.74) is 21.5. The minimum atomic E-state index is -1.27. The van der Waals surface area contributed by atoms with Gasteiger partial charge in [-0.25, -0.2) is 4.79 Å². The molecule has 0 fully saturated rings. The number of nitrogens with zero attached hydrogens (tertiary/aromatic N) is 1. The molecule has 0 rings (SSSR count). The van der Waals surface area contributed by atoms with Crippen LogP contribution in [0.1, 0.15) is 32.1 Å². The number of rotatable bonds is 17. The topological polar surface area (TPSA) is 261 Å². The number of carbonyl (C=O) groups is 4. The van der Waals surface area contributed by atoms with Crippen LogP contribution in [0.4, 0.5) is 0 Å². The van der Waals surface area contributed by atoms with Gasteiger partial charge in [0.1, 0.15) is 24.2 Å². The van der Waals surface area contributed by atoms with Crippen molar-refractivity contribution in [2.45, 2.75) is 56.3 Å². The van der Waals surface area contributed by atoms with E-state index in [0.717, 1.165) is 0 Å². The smallest absolute Gasteiger partial charge is 0.327 e. The first-order chi connectivity index (χ1) is 15.6. The lowest BCUT2D eigenvalue weighted by Crippen LogP contribution is -2.57. The summed E-state index contributed by atoms with van der Waals surface area (Å²) >= 11 is 3.91. The monoisotopic (exact) mass is 492 g/mol. The first-order valence-corrected chi connectivity index (χ1v) is 11.1. The van der Waals surface area contributed by atoms with Crippen molar-refractivity contribution in [3.05, 3.63) is 0 Å². The number of nitrogens with two attached hydrogens (primary N) is 4. The molecule has 0 aliphatic rings. The highest BCUT2D eigenvalue weighted by molar-refractivity contribution is 7.80. The van der Waals surface area contributed by atoms with Crippen LogP contribution in [0, 0.1) is 0 Å². The average molecular weight is 493 g/mol. The molecule has 0 saturated heterocycles. The van der Waals surface area contributed by atoms with Crippen LogP contribution in [-0.2, 0) is 19.2 Å². The van der Waals surface area contributed by atoms with E-state index in [0.29, 0.717) is 25.8 Å². The Balaban J connectivity index is 5.44. The van der Waals surface area contributed by atoms with Crippen molar-refractivity contribution in [1.82, 2.24) is 16.0 Å². The second-order valence-corrected chi connectivity index (χ2v) is 7.59. The van der Waals surface area contributed by atoms with Gasteiger partial charge in [-0.05, 0) is 38.6 Å². The Morgan fingerprint density at radius 3 is 1.85 bits per heavy atom. The number of nitrogens with one attached hydrogen (secondary N) is 3. The van der Waals surface area contributed by atoms with E-state index in [1.165, 1.54) is 0 Å². The van der Waals surface area contributed by atoms with E-state index in [1.807, 2.05) is 0 Å². The van der Waals surface area contributed by atoms with E-state index in [4.69, 9.17) is 33.1 Å². The molecule has 3 amide bonds. The molecule has 0 aliphatic carbocycles. The van der Waals surface area contributed by atoms with E-state index in [1.54, 1.807) is 0 Å². The molecule has 0 radical (unpaired) electrons. The first kappa shape index (κ1) is 30.4. The number of thiol groups is 1. The highest BCUT2D eigenvalue weighted by atomic mass is 32.1. The number of aliphatic hydroxyl groups is 1. The van der Waals surface area contributed by atoms with Gasteiger partial charge in [-0.1, -0.05) is 0 Å². The lowest BCUT2D eigenvalue weighted by molar-refractivity contribution is -0.141. The average Bonchev–Trinajstić information content (AvgIpc) is 2.77. The predicted molar refractivity (Wildman–Crippen MR) is 125 cm³/mol. The van der Waals surface area contributed by atoms with Crippen LogP contribution < -0.4 is 38.9 Å². The Morgan fingerprint density at radius 2 is 1.39 bits per heavy atom. The molecule has 0 aromatic carbocycles. The van der Waals surface area contributed by atoms with Crippen LogP contribution in [0.5, 0.6) is 0 Å². The SMILES string of the molecule is NCCCCC(NC(=O)C(CCCN=C(N)N)NC(=O)C(N)CO)C(=O)NC(CS)C(=O)O. The zero-order chi connectivity index (χ0) is 25.4. The van der Waals surface area contributed by atoms with Crippen molar-refractivity contribution >= 4 is 42.3 Å². The van der Waals surface area contributed by atoms with Crippen molar-refractivity contribution in [3.63, 3.8) is 0 Å². The van der Waals surface area contributed by atoms with Gasteiger partial charge in [0.25, 0.3) is 0 Å². The number of amides is 3. The van der Waals surface area contributed by atoms with Gasteiger partial charge in [0.05, 0.1) is 6.61 Å². The lowest BCUT2D eigenvalue weighted by atomic mass is 10.1. The Bertz CT molecular complexity index is 676. The van der Waals surface area contributed by atoms with Crippen molar-refractivity contribution < 1.29 is 29.4 Å². The fraction of sp³-hybridized carbons (Fsp3) is 0.722. The second-order valence-electron chi connectivity index (χ2n) is 7.23. The number of aliphatic hydroxyl groups excluding tert-OH is 1. The molecule has 0 aromatic rings. The van der Waals surface area contributed by atoms with E-state index < -0.39 is 54.5 Å². The first-order valence-electron chi connectivity index (χ1n) is 10.4. The molecule has 14 nitrogen and oxygen atoms in total. The van der Waals surface area contributed by atoms with Crippen molar-refractivity contribution in [2.75, 3.05) is 25.4 Å². The number of hydrogen-bond acceptors (Lipinski definition) is 9. The molecule has 0 aliphatic heterocycles. The summed E-state index contributed by atoms with van der Waals surface area (Å²) in [5, 5.41) is 25.5. The summed E-state index contributed by atoms with van der Waals surface area (Å²) in [5.74, 6) is -3.70. The molecule has 190 valence electrons. The van der Waals surface area contributed by atoms with Gasteiger partial charge in [-0.3, -0.25) is 19.4 Å². The molecule has 0 bridgehead atoms. The highest BCUT2D eigenvalue weighted by Gasteiger charge is 2.29. The molecule has 4 atom stereocenters. The lowest BCUT2D eigenvalue weighted by Gasteiger charge is -2.25. The van der Waals surface area contributed by atoms with Gasteiger partial charge in [0, 0.05) is 12.3 Å². The zero-order valence-electron chi connectivity index (χ0n) is 18.4. The molecular weight excluding hydrogens is 456 g/mol. The normalized spacial score (nSPS) is 14.3. The van der Waals surface area contributed by atoms with Crippen LogP contribution >= 0.6 is 12.6 Å². The number of carboxylic acid groups (broad SMARTS) is 1. The second kappa shape index (κ2) is 16.9. The van der Waals surface area contributed by atoms with Crippen molar-refractivity contribution in [3.8, 4) is 0 Å². The number of carboxylic acids is 1. The standard InChI is InChI=1S/C18H36N8O6S/c19-6-2-1-4-11(16(30)26-13(9-33)17(31)32)25-15(29)12(5-3-7-23-18(21)22)24-14(28)10(20)8-27/h10-13,27,33H,1-9,19-20H2,(H,24,28)(H,25,29)(H,26,30)(H,31,32)(H4,21,22,23). The molecule has 0 saturated carbocycles. The fourth-order valence-corrected chi connectivity index (χ4v) is 2.87. The zero-order valence-corrected chi connectivity index (χ0v) is 19.3. The molecule has 0 spiro atoms. The molecule has 0 aromatic heterocycles. The summed E-state index contributed by atoms with van der Waals surface area (Å²) in [6.07, 6.45) is 1.69. The molecule has 4 unspecified atom stereocenters. The fourth-order valence-electron chi connectivity index (χ4n) is 2.63. The molecule has 13 N–H and O–H groups in total. The van der Waals surface area contributed by atoms with Gasteiger partial charge in [0.2, 0.25) is 17.7 Å². The van der Waals surface area contributed by atoms with E-state index >= 15 is 0 Å². The minimum Gasteiger partial charge on any atom is -0.480 e. The van der Waals surface area contributed by atoms with Crippen LogP contribution in [0.15, 0.2) is 4.99 Å². The Labute approximate surface area is 197 Å². The van der Waals surface area contributed by atoms with Crippen molar-refractivity contribution in [2.24, 2.45) is 27.9 Å². The summed E-state index contributed by atoms with van der Waals surface area (Å²) in [4.78, 5) is 52.7. The third-order valence-electron chi connectivity index (χ3n) is 4.49.